The number of carboxylic acids is 1. The molecule has 3 N–H and O–H groups in total. The van der Waals surface area contributed by atoms with Gasteiger partial charge in [-0.25, -0.2) is 4.79 Å². The van der Waals surface area contributed by atoms with Gasteiger partial charge < -0.3 is 10.2 Å². The van der Waals surface area contributed by atoms with Crippen molar-refractivity contribution in [1.82, 2.24) is 4.98 Å². The molecule has 0 aromatic carbocycles. The van der Waals surface area contributed by atoms with Gasteiger partial charge in [0.25, 0.3) is 5.56 Å². The van der Waals surface area contributed by atoms with E-state index in [-0.39, 0.29) is 5.56 Å². The highest BCUT2D eigenvalue weighted by atomic mass is 16.4. The first kappa shape index (κ1) is 12.3. The van der Waals surface area contributed by atoms with E-state index in [1.165, 1.54) is 6.07 Å². The second-order valence-corrected chi connectivity index (χ2v) is 3.64. The molecule has 1 rings (SSSR count). The number of aromatic carboxylic acids is 1. The maximum Gasteiger partial charge on any atom is 0.341 e. The van der Waals surface area contributed by atoms with Gasteiger partial charge in [-0.05, 0) is 18.4 Å². The molecule has 0 radical (unpaired) electrons. The van der Waals surface area contributed by atoms with E-state index in [1.54, 1.807) is 0 Å². The molecule has 1 aromatic heterocycles. The smallest absolute Gasteiger partial charge is 0.341 e. The summed E-state index contributed by atoms with van der Waals surface area (Å²) in [6, 6.07) is 1.23. The Kier molecular flexibility index (Phi) is 4.10. The molecule has 0 bridgehead atoms. The maximum atomic E-state index is 11.1. The Morgan fingerprint density at radius 1 is 1.44 bits per heavy atom. The van der Waals surface area contributed by atoms with Crippen LogP contribution in [0.15, 0.2) is 10.9 Å². The van der Waals surface area contributed by atoms with E-state index in [1.807, 2.05) is 6.92 Å². The van der Waals surface area contributed by atoms with E-state index in [9.17, 15) is 14.7 Å². The molecular weight excluding hydrogens is 210 g/mol. The Morgan fingerprint density at radius 3 is 2.69 bits per heavy atom. The summed E-state index contributed by atoms with van der Waals surface area (Å²) < 4.78 is 0. The number of aryl methyl sites for hydroxylation is 1. The lowest BCUT2D eigenvalue weighted by atomic mass is 10.0. The van der Waals surface area contributed by atoms with Crippen LogP contribution < -0.4 is 5.56 Å². The Hall–Kier alpha value is -1.78. The highest BCUT2D eigenvalue weighted by Crippen LogP contribution is 2.18. The van der Waals surface area contributed by atoms with Crippen molar-refractivity contribution in [3.63, 3.8) is 0 Å². The van der Waals surface area contributed by atoms with Gasteiger partial charge in [0.05, 0.1) is 0 Å². The molecule has 0 saturated heterocycles. The monoisotopic (exact) mass is 225 g/mol. The molecular formula is C11H15NO4. The summed E-state index contributed by atoms with van der Waals surface area (Å²) in [5.74, 6) is -1.79. The van der Waals surface area contributed by atoms with Crippen molar-refractivity contribution < 1.29 is 15.0 Å². The molecule has 5 nitrogen and oxygen atoms in total. The maximum absolute atomic E-state index is 11.1. The molecule has 0 aliphatic carbocycles. The van der Waals surface area contributed by atoms with E-state index >= 15 is 0 Å². The molecule has 0 aliphatic rings. The number of hydrogen-bond acceptors (Lipinski definition) is 3. The molecule has 0 unspecified atom stereocenters. The van der Waals surface area contributed by atoms with Crippen molar-refractivity contribution in [2.45, 2.75) is 32.6 Å². The Balaban J connectivity index is 3.04. The van der Waals surface area contributed by atoms with Gasteiger partial charge in [0.15, 0.2) is 0 Å². The minimum atomic E-state index is -1.22. The number of aromatic hydroxyl groups is 1. The van der Waals surface area contributed by atoms with Gasteiger partial charge >= 0.3 is 5.97 Å². The molecule has 0 amide bonds. The molecule has 0 atom stereocenters. The lowest BCUT2D eigenvalue weighted by molar-refractivity contribution is 0.0691. The average Bonchev–Trinajstić information content (AvgIpc) is 2.16. The Bertz CT molecular complexity index is 436. The number of carboxylic acid groups (broad SMARTS) is 1. The molecule has 0 aliphatic heterocycles. The van der Waals surface area contributed by atoms with Crippen LogP contribution in [-0.4, -0.2) is 21.2 Å². The zero-order chi connectivity index (χ0) is 12.1. The minimum Gasteiger partial charge on any atom is -0.494 e. The number of unbranched alkanes of at least 4 members (excludes halogenated alkanes) is 2. The van der Waals surface area contributed by atoms with Gasteiger partial charge in [-0.3, -0.25) is 9.78 Å². The second-order valence-electron chi connectivity index (χ2n) is 3.64. The topological polar surface area (TPSA) is 90.4 Å². The van der Waals surface area contributed by atoms with E-state index in [0.717, 1.165) is 19.3 Å². The number of nitrogens with one attached hydrogen (secondary N) is 1. The number of aromatic nitrogens is 1. The molecule has 0 saturated carbocycles. The highest BCUT2D eigenvalue weighted by molar-refractivity contribution is 5.91. The third kappa shape index (κ3) is 2.85. The molecule has 16 heavy (non-hydrogen) atoms. The number of pyridine rings is 1. The van der Waals surface area contributed by atoms with Gasteiger partial charge in [0.2, 0.25) is 5.88 Å². The van der Waals surface area contributed by atoms with Crippen molar-refractivity contribution in [1.29, 1.82) is 0 Å². The third-order valence-electron chi connectivity index (χ3n) is 2.37. The SMILES string of the molecule is CCCCCc1cc(=O)[nH]c(O)c1C(=O)O. The number of hydrogen-bond donors (Lipinski definition) is 3. The zero-order valence-electron chi connectivity index (χ0n) is 9.12. The number of H-pyrrole nitrogens is 1. The first-order valence-corrected chi connectivity index (χ1v) is 5.24. The Morgan fingerprint density at radius 2 is 2.12 bits per heavy atom. The molecule has 1 heterocycles. The largest absolute Gasteiger partial charge is 0.494 e. The lowest BCUT2D eigenvalue weighted by Crippen LogP contribution is -2.13. The predicted octanol–water partition coefficient (Wildman–Crippen LogP) is 1.51. The van der Waals surface area contributed by atoms with E-state index < -0.39 is 17.4 Å². The van der Waals surface area contributed by atoms with Crippen LogP contribution >= 0.6 is 0 Å². The van der Waals surface area contributed by atoms with Gasteiger partial charge in [-0.1, -0.05) is 19.8 Å². The van der Waals surface area contributed by atoms with Gasteiger partial charge in [0, 0.05) is 6.07 Å². The van der Waals surface area contributed by atoms with Crippen LogP contribution in [0.3, 0.4) is 0 Å². The van der Waals surface area contributed by atoms with Crippen molar-refractivity contribution in [3.05, 3.63) is 27.5 Å². The van der Waals surface area contributed by atoms with E-state index in [2.05, 4.69) is 4.98 Å². The second kappa shape index (κ2) is 5.34. The van der Waals surface area contributed by atoms with Gasteiger partial charge in [-0.15, -0.1) is 0 Å². The summed E-state index contributed by atoms with van der Waals surface area (Å²) in [4.78, 5) is 24.1. The molecule has 88 valence electrons. The van der Waals surface area contributed by atoms with Crippen LogP contribution in [0.4, 0.5) is 0 Å². The minimum absolute atomic E-state index is 0.198. The van der Waals surface area contributed by atoms with Crippen LogP contribution in [0.1, 0.15) is 42.1 Å². The standard InChI is InChI=1S/C11H15NO4/c1-2-3-4-5-7-6-8(13)12-10(14)9(7)11(15)16/h6H,2-5H2,1H3,(H,15,16)(H2,12,13,14). The fourth-order valence-electron chi connectivity index (χ4n) is 1.60. The summed E-state index contributed by atoms with van der Waals surface area (Å²) in [6.45, 7) is 2.04. The van der Waals surface area contributed by atoms with Crippen LogP contribution in [0.5, 0.6) is 5.88 Å². The normalized spacial score (nSPS) is 10.3. The van der Waals surface area contributed by atoms with E-state index in [0.29, 0.717) is 12.0 Å². The third-order valence-corrected chi connectivity index (χ3v) is 2.37. The van der Waals surface area contributed by atoms with Crippen molar-refractivity contribution >= 4 is 5.97 Å². The predicted molar refractivity (Wildman–Crippen MR) is 58.9 cm³/mol. The van der Waals surface area contributed by atoms with Crippen LogP contribution in [0.25, 0.3) is 0 Å². The van der Waals surface area contributed by atoms with E-state index in [4.69, 9.17) is 5.11 Å². The summed E-state index contributed by atoms with van der Waals surface area (Å²) >= 11 is 0. The summed E-state index contributed by atoms with van der Waals surface area (Å²) in [5, 5.41) is 18.3. The molecule has 1 aromatic rings. The summed E-state index contributed by atoms with van der Waals surface area (Å²) in [6.07, 6.45) is 3.27. The first-order valence-electron chi connectivity index (χ1n) is 5.24. The number of aromatic amines is 1. The first-order chi connectivity index (χ1) is 7.56. The lowest BCUT2D eigenvalue weighted by Gasteiger charge is -2.06. The zero-order valence-corrected chi connectivity index (χ0v) is 9.12. The van der Waals surface area contributed by atoms with Crippen molar-refractivity contribution in [2.24, 2.45) is 0 Å². The number of rotatable bonds is 5. The van der Waals surface area contributed by atoms with Crippen molar-refractivity contribution in [2.75, 3.05) is 0 Å². The van der Waals surface area contributed by atoms with Crippen molar-refractivity contribution in [3.8, 4) is 5.88 Å². The van der Waals surface area contributed by atoms with Gasteiger partial charge in [-0.2, -0.15) is 0 Å². The molecule has 5 heteroatoms. The highest BCUT2D eigenvalue weighted by Gasteiger charge is 2.16. The quantitative estimate of drug-likeness (QED) is 0.662. The van der Waals surface area contributed by atoms with Crippen LogP contribution in [0, 0.1) is 0 Å². The average molecular weight is 225 g/mol. The number of carbonyl (C=O) groups is 1. The Labute approximate surface area is 92.8 Å². The molecule has 0 spiro atoms. The fourth-order valence-corrected chi connectivity index (χ4v) is 1.60. The summed E-state index contributed by atoms with van der Waals surface area (Å²) in [7, 11) is 0. The molecule has 0 fully saturated rings. The summed E-state index contributed by atoms with van der Waals surface area (Å²) in [5.41, 5.74) is -0.285. The van der Waals surface area contributed by atoms with Crippen LogP contribution in [0.2, 0.25) is 0 Å². The fraction of sp³-hybridized carbons (Fsp3) is 0.455. The van der Waals surface area contributed by atoms with Gasteiger partial charge in [0.1, 0.15) is 5.56 Å². The van der Waals surface area contributed by atoms with Crippen LogP contribution in [-0.2, 0) is 6.42 Å².